The van der Waals surface area contributed by atoms with Crippen LogP contribution >= 0.6 is 0 Å². The summed E-state index contributed by atoms with van der Waals surface area (Å²) in [5.74, 6) is 1.84. The van der Waals surface area contributed by atoms with E-state index in [4.69, 9.17) is 4.52 Å². The molecule has 3 aromatic rings. The van der Waals surface area contributed by atoms with Crippen molar-refractivity contribution in [1.29, 1.82) is 0 Å². The summed E-state index contributed by atoms with van der Waals surface area (Å²) in [4.78, 5) is 4.56. The van der Waals surface area contributed by atoms with E-state index in [0.717, 1.165) is 30.6 Å². The largest absolute Gasteiger partial charge is 0.334 e. The first kappa shape index (κ1) is 19.3. The predicted octanol–water partition coefficient (Wildman–Crippen LogP) is 5.49. The number of unbranched alkanes of at least 4 members (excludes halogenated alkanes) is 1. The monoisotopic (exact) mass is 363 g/mol. The van der Waals surface area contributed by atoms with Gasteiger partial charge in [0.05, 0.1) is 0 Å². The first-order valence-electron chi connectivity index (χ1n) is 9.88. The summed E-state index contributed by atoms with van der Waals surface area (Å²) in [5.41, 5.74) is 4.52. The summed E-state index contributed by atoms with van der Waals surface area (Å²) in [6, 6.07) is 16.7. The zero-order valence-corrected chi connectivity index (χ0v) is 16.5. The summed E-state index contributed by atoms with van der Waals surface area (Å²) >= 11 is 0. The van der Waals surface area contributed by atoms with Crippen molar-refractivity contribution in [1.82, 2.24) is 15.5 Å². The topological polar surface area (TPSA) is 51.0 Å². The van der Waals surface area contributed by atoms with Gasteiger partial charge in [-0.05, 0) is 48.6 Å². The summed E-state index contributed by atoms with van der Waals surface area (Å²) in [6.45, 7) is 8.61. The number of nitrogens with zero attached hydrogens (tertiary/aromatic N) is 2. The molecule has 4 heteroatoms. The van der Waals surface area contributed by atoms with E-state index in [1.165, 1.54) is 24.0 Å². The van der Waals surface area contributed by atoms with Crippen LogP contribution in [0.2, 0.25) is 0 Å². The average molecular weight is 364 g/mol. The number of hydrogen-bond acceptors (Lipinski definition) is 4. The normalized spacial score (nSPS) is 11.3. The highest BCUT2D eigenvalue weighted by atomic mass is 16.5. The molecule has 0 bridgehead atoms. The van der Waals surface area contributed by atoms with Crippen molar-refractivity contribution in [2.24, 2.45) is 5.92 Å². The van der Waals surface area contributed by atoms with Gasteiger partial charge in [0, 0.05) is 17.7 Å². The molecule has 0 radical (unpaired) electrons. The molecule has 1 heterocycles. The molecule has 0 fully saturated rings. The molecule has 1 aromatic heterocycles. The Balaban J connectivity index is 1.64. The van der Waals surface area contributed by atoms with Crippen LogP contribution in [0.25, 0.3) is 22.8 Å². The molecule has 27 heavy (non-hydrogen) atoms. The van der Waals surface area contributed by atoms with Crippen molar-refractivity contribution < 1.29 is 4.52 Å². The van der Waals surface area contributed by atoms with E-state index in [1.54, 1.807) is 0 Å². The van der Waals surface area contributed by atoms with E-state index < -0.39 is 0 Å². The lowest BCUT2D eigenvalue weighted by atomic mass is 10.0. The van der Waals surface area contributed by atoms with Crippen LogP contribution in [0.15, 0.2) is 53.1 Å². The van der Waals surface area contributed by atoms with Crippen LogP contribution in [0.4, 0.5) is 0 Å². The zero-order chi connectivity index (χ0) is 19.1. The molecule has 0 aliphatic carbocycles. The van der Waals surface area contributed by atoms with E-state index >= 15 is 0 Å². The van der Waals surface area contributed by atoms with Gasteiger partial charge in [-0.1, -0.05) is 68.7 Å². The van der Waals surface area contributed by atoms with Gasteiger partial charge in [-0.2, -0.15) is 4.98 Å². The van der Waals surface area contributed by atoms with E-state index in [9.17, 15) is 0 Å². The van der Waals surface area contributed by atoms with Crippen molar-refractivity contribution in [3.63, 3.8) is 0 Å². The maximum atomic E-state index is 5.47. The van der Waals surface area contributed by atoms with Crippen molar-refractivity contribution in [3.05, 3.63) is 59.7 Å². The fourth-order valence-electron chi connectivity index (χ4n) is 3.02. The fourth-order valence-corrected chi connectivity index (χ4v) is 3.02. The number of rotatable bonds is 9. The molecule has 0 saturated heterocycles. The Bertz CT molecular complexity index is 820. The number of hydrogen-bond donors (Lipinski definition) is 1. The predicted molar refractivity (Wildman–Crippen MR) is 110 cm³/mol. The Morgan fingerprint density at radius 2 is 1.59 bits per heavy atom. The maximum absolute atomic E-state index is 5.47. The fraction of sp³-hybridized carbons (Fsp3) is 0.391. The third-order valence-electron chi connectivity index (χ3n) is 4.52. The number of aromatic nitrogens is 2. The smallest absolute Gasteiger partial charge is 0.258 e. The van der Waals surface area contributed by atoms with Gasteiger partial charge in [-0.25, -0.2) is 0 Å². The maximum Gasteiger partial charge on any atom is 0.258 e. The molecule has 0 unspecified atom stereocenters. The average Bonchev–Trinajstić information content (AvgIpc) is 3.16. The molecular weight excluding hydrogens is 334 g/mol. The quantitative estimate of drug-likeness (QED) is 0.511. The molecule has 0 aliphatic rings. The SMILES string of the molecule is CCCCNCc1ccc(-c2noc(-c3ccc(CC(C)C)cc3)n2)cc1. The summed E-state index contributed by atoms with van der Waals surface area (Å²) < 4.78 is 5.47. The minimum absolute atomic E-state index is 0.561. The Labute approximate surface area is 162 Å². The van der Waals surface area contributed by atoms with Gasteiger partial charge < -0.3 is 9.84 Å². The highest BCUT2D eigenvalue weighted by Gasteiger charge is 2.11. The van der Waals surface area contributed by atoms with Crippen molar-refractivity contribution >= 4 is 0 Å². The second-order valence-electron chi connectivity index (χ2n) is 7.45. The van der Waals surface area contributed by atoms with E-state index in [1.807, 2.05) is 0 Å². The summed E-state index contributed by atoms with van der Waals surface area (Å²) in [7, 11) is 0. The standard InChI is InChI=1S/C23H29N3O/c1-4-5-14-24-16-19-8-10-20(11-9-19)22-25-23(27-26-22)21-12-6-18(7-13-21)15-17(2)3/h6-13,17,24H,4-5,14-16H2,1-3H3. The third-order valence-corrected chi connectivity index (χ3v) is 4.52. The first-order chi connectivity index (χ1) is 13.2. The van der Waals surface area contributed by atoms with Crippen LogP contribution in [0.3, 0.4) is 0 Å². The number of benzene rings is 2. The highest BCUT2D eigenvalue weighted by molar-refractivity contribution is 5.60. The van der Waals surface area contributed by atoms with Crippen molar-refractivity contribution in [2.45, 2.75) is 46.6 Å². The van der Waals surface area contributed by atoms with Crippen molar-refractivity contribution in [2.75, 3.05) is 6.54 Å². The van der Waals surface area contributed by atoms with Gasteiger partial charge in [0.15, 0.2) is 0 Å². The lowest BCUT2D eigenvalue weighted by Gasteiger charge is -2.04. The molecule has 0 spiro atoms. The third kappa shape index (κ3) is 5.51. The lowest BCUT2D eigenvalue weighted by molar-refractivity contribution is 0.432. The van der Waals surface area contributed by atoms with Crippen LogP contribution in [-0.4, -0.2) is 16.7 Å². The Morgan fingerprint density at radius 3 is 2.26 bits per heavy atom. The Hall–Kier alpha value is -2.46. The Morgan fingerprint density at radius 1 is 0.926 bits per heavy atom. The summed E-state index contributed by atoms with van der Waals surface area (Å²) in [5, 5.41) is 7.60. The highest BCUT2D eigenvalue weighted by Crippen LogP contribution is 2.23. The van der Waals surface area contributed by atoms with Gasteiger partial charge in [0.25, 0.3) is 5.89 Å². The number of nitrogens with one attached hydrogen (secondary N) is 1. The zero-order valence-electron chi connectivity index (χ0n) is 16.5. The van der Waals surface area contributed by atoms with Crippen LogP contribution in [0, 0.1) is 5.92 Å². The lowest BCUT2D eigenvalue weighted by Crippen LogP contribution is -2.14. The van der Waals surface area contributed by atoms with E-state index in [0.29, 0.717) is 17.6 Å². The molecule has 0 aliphatic heterocycles. The molecule has 4 nitrogen and oxygen atoms in total. The van der Waals surface area contributed by atoms with Crippen LogP contribution in [0.5, 0.6) is 0 Å². The second kappa shape index (κ2) is 9.47. The molecule has 1 N–H and O–H groups in total. The van der Waals surface area contributed by atoms with Gasteiger partial charge in [-0.3, -0.25) is 0 Å². The Kier molecular flexibility index (Phi) is 6.77. The second-order valence-corrected chi connectivity index (χ2v) is 7.45. The summed E-state index contributed by atoms with van der Waals surface area (Å²) in [6.07, 6.45) is 3.50. The molecule has 142 valence electrons. The minimum Gasteiger partial charge on any atom is -0.334 e. The molecule has 0 saturated carbocycles. The van der Waals surface area contributed by atoms with Gasteiger partial charge in [0.2, 0.25) is 5.82 Å². The van der Waals surface area contributed by atoms with E-state index in [2.05, 4.69) is 84.8 Å². The van der Waals surface area contributed by atoms with E-state index in [-0.39, 0.29) is 0 Å². The van der Waals surface area contributed by atoms with Crippen LogP contribution in [0.1, 0.15) is 44.7 Å². The molecular formula is C23H29N3O. The van der Waals surface area contributed by atoms with Gasteiger partial charge in [0.1, 0.15) is 0 Å². The molecule has 3 rings (SSSR count). The molecule has 0 atom stereocenters. The minimum atomic E-state index is 0.561. The van der Waals surface area contributed by atoms with Crippen LogP contribution < -0.4 is 5.32 Å². The first-order valence-corrected chi connectivity index (χ1v) is 9.88. The van der Waals surface area contributed by atoms with Crippen LogP contribution in [-0.2, 0) is 13.0 Å². The molecule has 0 amide bonds. The van der Waals surface area contributed by atoms with Gasteiger partial charge in [-0.15, -0.1) is 0 Å². The molecule has 2 aromatic carbocycles. The van der Waals surface area contributed by atoms with Gasteiger partial charge >= 0.3 is 0 Å². The van der Waals surface area contributed by atoms with Crippen molar-refractivity contribution in [3.8, 4) is 22.8 Å².